The van der Waals surface area contributed by atoms with Crippen molar-refractivity contribution in [3.05, 3.63) is 58.9 Å². The molecule has 3 N–H and O–H groups in total. The number of hydrogen-bond donors (Lipinski definition) is 3. The lowest BCUT2D eigenvalue weighted by Crippen LogP contribution is -2.84. The number of aryl methyl sites for hydroxylation is 2. The van der Waals surface area contributed by atoms with Crippen molar-refractivity contribution in [1.82, 2.24) is 15.6 Å². The number of ether oxygens (including phenoxy) is 1. The number of aliphatic hydroxyl groups is 1. The molecule has 3 aliphatic rings. The van der Waals surface area contributed by atoms with E-state index in [1.807, 2.05) is 32.0 Å². The van der Waals surface area contributed by atoms with Crippen LogP contribution in [0.4, 0.5) is 0 Å². The van der Waals surface area contributed by atoms with Crippen LogP contribution in [0.15, 0.2) is 36.5 Å². The second-order valence-electron chi connectivity index (χ2n) is 8.32. The smallest absolute Gasteiger partial charge is 0.258 e. The van der Waals surface area contributed by atoms with Crippen LogP contribution in [0.2, 0.25) is 0 Å². The van der Waals surface area contributed by atoms with E-state index in [0.29, 0.717) is 17.0 Å². The number of carbonyl (C=O) groups excluding carboxylic acids is 2. The molecule has 1 heterocycles. The Morgan fingerprint density at radius 3 is 2.48 bits per heavy atom. The van der Waals surface area contributed by atoms with E-state index in [1.165, 1.54) is 11.8 Å². The van der Waals surface area contributed by atoms with Crippen LogP contribution in [0, 0.1) is 13.8 Å². The van der Waals surface area contributed by atoms with Gasteiger partial charge in [0.2, 0.25) is 0 Å². The topological polar surface area (TPSA) is 101 Å². The summed E-state index contributed by atoms with van der Waals surface area (Å²) in [5.74, 6) is 0.355. The van der Waals surface area contributed by atoms with Crippen LogP contribution in [0.25, 0.3) is 0 Å². The highest BCUT2D eigenvalue weighted by Gasteiger charge is 2.69. The highest BCUT2D eigenvalue weighted by molar-refractivity contribution is 5.95. The van der Waals surface area contributed by atoms with E-state index in [1.54, 1.807) is 12.1 Å². The van der Waals surface area contributed by atoms with Crippen LogP contribution in [-0.2, 0) is 11.4 Å². The molecule has 0 radical (unpaired) electrons. The number of aromatic nitrogens is 1. The highest BCUT2D eigenvalue weighted by atomic mass is 16.5. The third kappa shape index (κ3) is 3.82. The fraction of sp³-hybridized carbons (Fsp3) is 0.409. The molecule has 2 bridgehead atoms. The minimum atomic E-state index is -0.248. The molecule has 0 unspecified atom stereocenters. The Kier molecular flexibility index (Phi) is 4.78. The van der Waals surface area contributed by atoms with E-state index in [-0.39, 0.29) is 36.1 Å². The zero-order valence-electron chi connectivity index (χ0n) is 16.6. The Hall–Kier alpha value is -2.93. The number of nitrogens with one attached hydrogen (secondary N) is 2. The second kappa shape index (κ2) is 7.15. The minimum Gasteiger partial charge on any atom is -0.484 e. The molecular weight excluding hydrogens is 370 g/mol. The molecule has 0 atom stereocenters. The molecule has 152 valence electrons. The summed E-state index contributed by atoms with van der Waals surface area (Å²) >= 11 is 0. The monoisotopic (exact) mass is 395 g/mol. The van der Waals surface area contributed by atoms with Crippen molar-refractivity contribution in [2.75, 3.05) is 6.61 Å². The third-order valence-electron chi connectivity index (χ3n) is 5.90. The Balaban J connectivity index is 1.24. The molecular formula is C22H25N3O4. The van der Waals surface area contributed by atoms with Gasteiger partial charge in [-0.05, 0) is 68.5 Å². The zero-order valence-corrected chi connectivity index (χ0v) is 16.6. The Morgan fingerprint density at radius 2 is 1.79 bits per heavy atom. The average molecular weight is 395 g/mol. The number of pyridine rings is 1. The maximum absolute atomic E-state index is 12.5. The summed E-state index contributed by atoms with van der Waals surface area (Å²) in [5.41, 5.74) is 2.77. The van der Waals surface area contributed by atoms with Gasteiger partial charge in [0.1, 0.15) is 5.75 Å². The molecule has 2 amide bonds. The van der Waals surface area contributed by atoms with E-state index in [9.17, 15) is 9.59 Å². The summed E-state index contributed by atoms with van der Waals surface area (Å²) in [7, 11) is 0. The van der Waals surface area contributed by atoms with Gasteiger partial charge < -0.3 is 20.5 Å². The van der Waals surface area contributed by atoms with Crippen LogP contribution in [0.5, 0.6) is 5.75 Å². The maximum Gasteiger partial charge on any atom is 0.258 e. The fourth-order valence-electron chi connectivity index (χ4n) is 4.36. The first-order valence-corrected chi connectivity index (χ1v) is 9.71. The molecule has 29 heavy (non-hydrogen) atoms. The van der Waals surface area contributed by atoms with Gasteiger partial charge in [-0.15, -0.1) is 0 Å². The van der Waals surface area contributed by atoms with Crippen molar-refractivity contribution in [1.29, 1.82) is 0 Å². The van der Waals surface area contributed by atoms with E-state index < -0.39 is 0 Å². The minimum absolute atomic E-state index is 0.0233. The first-order valence-electron chi connectivity index (χ1n) is 9.71. The SMILES string of the molecule is Cc1ccc(OCC(=O)NC23CC(NC(=O)c4ccnc(CO)c4)(C2)C3)cc1C. The highest BCUT2D eigenvalue weighted by Crippen LogP contribution is 2.60. The predicted octanol–water partition coefficient (Wildman–Crippen LogP) is 1.79. The van der Waals surface area contributed by atoms with Gasteiger partial charge in [-0.3, -0.25) is 14.6 Å². The number of rotatable bonds is 7. The normalized spacial score (nSPS) is 24.1. The van der Waals surface area contributed by atoms with Crippen LogP contribution < -0.4 is 15.4 Å². The summed E-state index contributed by atoms with van der Waals surface area (Å²) in [5, 5.41) is 15.3. The standard InChI is InChI=1S/C22H25N3O4/c1-14-3-4-18(7-15(14)2)29-10-19(27)24-21-11-22(12-21,13-21)25-20(28)16-5-6-23-17(8-16)9-26/h3-8,26H,9-13H2,1-2H3,(H,24,27)(H,25,28). The molecule has 7 heteroatoms. The molecule has 0 aliphatic heterocycles. The first kappa shape index (κ1) is 19.4. The lowest BCUT2D eigenvalue weighted by Gasteiger charge is -2.70. The van der Waals surface area contributed by atoms with Gasteiger partial charge in [-0.25, -0.2) is 0 Å². The zero-order chi connectivity index (χ0) is 20.6. The number of aliphatic hydroxyl groups excluding tert-OH is 1. The van der Waals surface area contributed by atoms with E-state index in [4.69, 9.17) is 9.84 Å². The number of benzene rings is 1. The van der Waals surface area contributed by atoms with Crippen LogP contribution >= 0.6 is 0 Å². The van der Waals surface area contributed by atoms with Gasteiger partial charge in [-0.1, -0.05) is 6.07 Å². The van der Waals surface area contributed by atoms with E-state index >= 15 is 0 Å². The average Bonchev–Trinajstić information content (AvgIpc) is 2.66. The van der Waals surface area contributed by atoms with Gasteiger partial charge in [0, 0.05) is 22.8 Å². The van der Waals surface area contributed by atoms with Crippen molar-refractivity contribution >= 4 is 11.8 Å². The molecule has 3 fully saturated rings. The number of amides is 2. The Bertz CT molecular complexity index is 953. The van der Waals surface area contributed by atoms with Gasteiger partial charge in [-0.2, -0.15) is 0 Å². The van der Waals surface area contributed by atoms with Crippen molar-refractivity contribution in [2.24, 2.45) is 0 Å². The molecule has 1 aromatic carbocycles. The quantitative estimate of drug-likeness (QED) is 0.664. The van der Waals surface area contributed by atoms with Crippen LogP contribution in [0.3, 0.4) is 0 Å². The lowest BCUT2D eigenvalue weighted by molar-refractivity contribution is -0.141. The molecule has 2 aromatic rings. The molecule has 5 rings (SSSR count). The van der Waals surface area contributed by atoms with E-state index in [0.717, 1.165) is 24.8 Å². The van der Waals surface area contributed by atoms with Gasteiger partial charge >= 0.3 is 0 Å². The van der Waals surface area contributed by atoms with Crippen molar-refractivity contribution in [2.45, 2.75) is 50.8 Å². The van der Waals surface area contributed by atoms with Gasteiger partial charge in [0.15, 0.2) is 6.61 Å². The second-order valence-corrected chi connectivity index (χ2v) is 8.32. The van der Waals surface area contributed by atoms with Crippen LogP contribution in [-0.4, -0.2) is 39.6 Å². The number of carbonyl (C=O) groups is 2. The van der Waals surface area contributed by atoms with E-state index in [2.05, 4.69) is 15.6 Å². The predicted molar refractivity (Wildman–Crippen MR) is 106 cm³/mol. The van der Waals surface area contributed by atoms with Crippen molar-refractivity contribution < 1.29 is 19.4 Å². The summed E-state index contributed by atoms with van der Waals surface area (Å²) < 4.78 is 5.60. The fourth-order valence-corrected chi connectivity index (χ4v) is 4.36. The summed E-state index contributed by atoms with van der Waals surface area (Å²) in [6, 6.07) is 8.98. The molecule has 1 aromatic heterocycles. The number of nitrogens with zero attached hydrogens (tertiary/aromatic N) is 1. The first-order chi connectivity index (χ1) is 13.8. The van der Waals surface area contributed by atoms with Crippen molar-refractivity contribution in [3.63, 3.8) is 0 Å². The molecule has 0 spiro atoms. The summed E-state index contributed by atoms with van der Waals surface area (Å²) in [6.45, 7) is 3.81. The van der Waals surface area contributed by atoms with Gasteiger partial charge in [0.05, 0.1) is 12.3 Å². The third-order valence-corrected chi connectivity index (χ3v) is 5.90. The Labute approximate surface area is 169 Å². The largest absolute Gasteiger partial charge is 0.484 e. The molecule has 7 nitrogen and oxygen atoms in total. The number of hydrogen-bond acceptors (Lipinski definition) is 5. The van der Waals surface area contributed by atoms with Gasteiger partial charge in [0.25, 0.3) is 11.8 Å². The molecule has 3 aliphatic carbocycles. The lowest BCUT2D eigenvalue weighted by atomic mass is 9.44. The summed E-state index contributed by atoms with van der Waals surface area (Å²) in [6.07, 6.45) is 3.68. The molecule has 0 saturated heterocycles. The Morgan fingerprint density at radius 1 is 1.07 bits per heavy atom. The molecule has 3 saturated carbocycles. The van der Waals surface area contributed by atoms with Crippen LogP contribution in [0.1, 0.15) is 46.4 Å². The van der Waals surface area contributed by atoms with Crippen molar-refractivity contribution in [3.8, 4) is 5.75 Å². The maximum atomic E-state index is 12.5. The summed E-state index contributed by atoms with van der Waals surface area (Å²) in [4.78, 5) is 28.7.